The Kier molecular flexibility index (Phi) is 4.98. The van der Waals surface area contributed by atoms with Gasteiger partial charge in [0.2, 0.25) is 5.91 Å². The van der Waals surface area contributed by atoms with Crippen LogP contribution in [0.4, 0.5) is 0 Å². The average molecular weight is 259 g/mol. The lowest BCUT2D eigenvalue weighted by Gasteiger charge is -2.04. The Morgan fingerprint density at radius 2 is 2.11 bits per heavy atom. The van der Waals surface area contributed by atoms with E-state index in [1.54, 1.807) is 0 Å². The normalized spacial score (nSPS) is 10.8. The van der Waals surface area contributed by atoms with Crippen molar-refractivity contribution >= 4 is 16.8 Å². The van der Waals surface area contributed by atoms with Crippen LogP contribution in [0.25, 0.3) is 10.9 Å². The van der Waals surface area contributed by atoms with Crippen molar-refractivity contribution in [3.8, 4) is 0 Å². The summed E-state index contributed by atoms with van der Waals surface area (Å²) in [5, 5.41) is 4.13. The van der Waals surface area contributed by atoms with Crippen LogP contribution < -0.4 is 11.1 Å². The molecule has 0 bridgehead atoms. The van der Waals surface area contributed by atoms with Gasteiger partial charge in [-0.3, -0.25) is 4.79 Å². The van der Waals surface area contributed by atoms with E-state index in [1.807, 2.05) is 24.4 Å². The fourth-order valence-corrected chi connectivity index (χ4v) is 2.17. The van der Waals surface area contributed by atoms with E-state index in [0.717, 1.165) is 31.3 Å². The number of aryl methyl sites for hydroxylation is 1. The van der Waals surface area contributed by atoms with Crippen molar-refractivity contribution in [1.29, 1.82) is 0 Å². The summed E-state index contributed by atoms with van der Waals surface area (Å²) in [5.41, 5.74) is 7.73. The third-order valence-corrected chi connectivity index (χ3v) is 3.25. The monoisotopic (exact) mass is 259 g/mol. The Labute approximate surface area is 113 Å². The van der Waals surface area contributed by atoms with Crippen LogP contribution in [-0.4, -0.2) is 24.0 Å². The van der Waals surface area contributed by atoms with Gasteiger partial charge in [-0.2, -0.15) is 0 Å². The number of aromatic amines is 1. The van der Waals surface area contributed by atoms with Gasteiger partial charge < -0.3 is 16.0 Å². The van der Waals surface area contributed by atoms with E-state index in [9.17, 15) is 4.79 Å². The van der Waals surface area contributed by atoms with Crippen molar-refractivity contribution in [2.75, 3.05) is 13.1 Å². The summed E-state index contributed by atoms with van der Waals surface area (Å²) in [4.78, 5) is 14.9. The number of unbranched alkanes of at least 4 members (excludes halogenated alkanes) is 1. The van der Waals surface area contributed by atoms with Gasteiger partial charge in [-0.1, -0.05) is 18.2 Å². The molecule has 0 aliphatic heterocycles. The number of nitrogens with two attached hydrogens (primary N) is 1. The fraction of sp³-hybridized carbons (Fsp3) is 0.400. The highest BCUT2D eigenvalue weighted by Gasteiger charge is 2.06. The van der Waals surface area contributed by atoms with Gasteiger partial charge in [0.15, 0.2) is 0 Å². The molecule has 0 spiro atoms. The van der Waals surface area contributed by atoms with Crippen LogP contribution in [0.3, 0.4) is 0 Å². The highest BCUT2D eigenvalue weighted by molar-refractivity contribution is 5.84. The average Bonchev–Trinajstić information content (AvgIpc) is 2.85. The maximum absolute atomic E-state index is 11.7. The lowest BCUT2D eigenvalue weighted by Crippen LogP contribution is -2.25. The van der Waals surface area contributed by atoms with Crippen LogP contribution in [0.2, 0.25) is 0 Å². The predicted octanol–water partition coefficient (Wildman–Crippen LogP) is 1.96. The highest BCUT2D eigenvalue weighted by Crippen LogP contribution is 2.18. The zero-order chi connectivity index (χ0) is 13.5. The quantitative estimate of drug-likeness (QED) is 0.665. The van der Waals surface area contributed by atoms with E-state index >= 15 is 0 Å². The number of carbonyl (C=O) groups excluding carboxylic acids is 1. The molecule has 0 aliphatic rings. The molecular weight excluding hydrogens is 238 g/mol. The van der Waals surface area contributed by atoms with Crippen LogP contribution in [0, 0.1) is 0 Å². The van der Waals surface area contributed by atoms with Crippen molar-refractivity contribution in [2.45, 2.75) is 25.7 Å². The maximum atomic E-state index is 11.7. The number of nitrogens with one attached hydrogen (secondary N) is 2. The molecule has 2 aromatic rings. The summed E-state index contributed by atoms with van der Waals surface area (Å²) in [7, 11) is 0. The number of fused-ring (bicyclic) bond motifs is 1. The zero-order valence-electron chi connectivity index (χ0n) is 11.1. The van der Waals surface area contributed by atoms with Crippen LogP contribution in [0.5, 0.6) is 0 Å². The van der Waals surface area contributed by atoms with Gasteiger partial charge in [0.1, 0.15) is 0 Å². The Bertz CT molecular complexity index is 533. The van der Waals surface area contributed by atoms with E-state index < -0.39 is 0 Å². The number of hydrogen-bond acceptors (Lipinski definition) is 2. The van der Waals surface area contributed by atoms with E-state index in [2.05, 4.69) is 16.4 Å². The smallest absolute Gasteiger partial charge is 0.220 e. The number of amides is 1. The minimum atomic E-state index is 0.113. The lowest BCUT2D eigenvalue weighted by atomic mass is 10.1. The van der Waals surface area contributed by atoms with Crippen molar-refractivity contribution in [3.63, 3.8) is 0 Å². The van der Waals surface area contributed by atoms with Crippen LogP contribution in [0.1, 0.15) is 24.8 Å². The fourth-order valence-electron chi connectivity index (χ4n) is 2.17. The Balaban J connectivity index is 1.80. The molecule has 102 valence electrons. The Morgan fingerprint density at radius 1 is 1.26 bits per heavy atom. The first-order chi connectivity index (χ1) is 9.31. The number of carbonyl (C=O) groups is 1. The molecule has 4 N–H and O–H groups in total. The number of benzene rings is 1. The molecule has 0 saturated heterocycles. The lowest BCUT2D eigenvalue weighted by molar-refractivity contribution is -0.121. The first kappa shape index (κ1) is 13.6. The van der Waals surface area contributed by atoms with Gasteiger partial charge in [-0.05, 0) is 37.4 Å². The number of aromatic nitrogens is 1. The van der Waals surface area contributed by atoms with E-state index in [0.29, 0.717) is 13.0 Å². The van der Waals surface area contributed by atoms with Gasteiger partial charge in [0, 0.05) is 30.1 Å². The number of para-hydroxylation sites is 1. The predicted molar refractivity (Wildman–Crippen MR) is 77.9 cm³/mol. The summed E-state index contributed by atoms with van der Waals surface area (Å²) in [6.07, 6.45) is 5.21. The zero-order valence-corrected chi connectivity index (χ0v) is 11.1. The van der Waals surface area contributed by atoms with Gasteiger partial charge in [0.05, 0.1) is 0 Å². The third kappa shape index (κ3) is 3.83. The van der Waals surface area contributed by atoms with E-state index in [1.165, 1.54) is 10.9 Å². The molecule has 2 rings (SSSR count). The molecule has 0 unspecified atom stereocenters. The molecule has 0 saturated carbocycles. The third-order valence-electron chi connectivity index (χ3n) is 3.25. The Hall–Kier alpha value is -1.81. The second kappa shape index (κ2) is 6.95. The summed E-state index contributed by atoms with van der Waals surface area (Å²) in [6.45, 7) is 1.41. The molecule has 0 fully saturated rings. The first-order valence-corrected chi connectivity index (χ1v) is 6.83. The molecular formula is C15H21N3O. The standard InChI is InChI=1S/C15H21N3O/c16-9-3-4-10-17-15(19)8-7-12-11-18-14-6-2-1-5-13(12)14/h1-2,5-6,11,18H,3-4,7-10,16H2,(H,17,19). The number of rotatable bonds is 7. The topological polar surface area (TPSA) is 70.9 Å². The van der Waals surface area contributed by atoms with Crippen LogP contribution >= 0.6 is 0 Å². The van der Waals surface area contributed by atoms with Crippen LogP contribution in [-0.2, 0) is 11.2 Å². The first-order valence-electron chi connectivity index (χ1n) is 6.83. The number of H-pyrrole nitrogens is 1. The summed E-state index contributed by atoms with van der Waals surface area (Å²) < 4.78 is 0. The second-order valence-corrected chi connectivity index (χ2v) is 4.71. The molecule has 0 atom stereocenters. The minimum Gasteiger partial charge on any atom is -0.361 e. The Morgan fingerprint density at radius 3 is 2.95 bits per heavy atom. The molecule has 1 amide bonds. The van der Waals surface area contributed by atoms with E-state index in [-0.39, 0.29) is 5.91 Å². The van der Waals surface area contributed by atoms with Crippen molar-refractivity contribution in [1.82, 2.24) is 10.3 Å². The molecule has 1 aromatic heterocycles. The molecule has 19 heavy (non-hydrogen) atoms. The summed E-state index contributed by atoms with van der Waals surface area (Å²) in [5.74, 6) is 0.113. The SMILES string of the molecule is NCCCCNC(=O)CCc1c[nH]c2ccccc12. The maximum Gasteiger partial charge on any atom is 0.220 e. The second-order valence-electron chi connectivity index (χ2n) is 4.71. The van der Waals surface area contributed by atoms with Gasteiger partial charge in [-0.15, -0.1) is 0 Å². The van der Waals surface area contributed by atoms with Gasteiger partial charge in [-0.25, -0.2) is 0 Å². The molecule has 0 radical (unpaired) electrons. The van der Waals surface area contributed by atoms with E-state index in [4.69, 9.17) is 5.73 Å². The van der Waals surface area contributed by atoms with Gasteiger partial charge >= 0.3 is 0 Å². The summed E-state index contributed by atoms with van der Waals surface area (Å²) in [6, 6.07) is 8.16. The summed E-state index contributed by atoms with van der Waals surface area (Å²) >= 11 is 0. The molecule has 1 aromatic carbocycles. The van der Waals surface area contributed by atoms with Gasteiger partial charge in [0.25, 0.3) is 0 Å². The molecule has 4 nitrogen and oxygen atoms in total. The van der Waals surface area contributed by atoms with Crippen molar-refractivity contribution < 1.29 is 4.79 Å². The number of hydrogen-bond donors (Lipinski definition) is 3. The molecule has 4 heteroatoms. The van der Waals surface area contributed by atoms with Crippen molar-refractivity contribution in [2.24, 2.45) is 5.73 Å². The molecule has 1 heterocycles. The van der Waals surface area contributed by atoms with Crippen LogP contribution in [0.15, 0.2) is 30.5 Å². The molecule has 0 aliphatic carbocycles. The minimum absolute atomic E-state index is 0.113. The van der Waals surface area contributed by atoms with Crippen molar-refractivity contribution in [3.05, 3.63) is 36.0 Å². The largest absolute Gasteiger partial charge is 0.361 e. The highest BCUT2D eigenvalue weighted by atomic mass is 16.1.